The molecule has 192 valence electrons. The van der Waals surface area contributed by atoms with Gasteiger partial charge in [0.05, 0.1) is 17.2 Å². The second kappa shape index (κ2) is 10.5. The van der Waals surface area contributed by atoms with E-state index in [2.05, 4.69) is 42.5 Å². The van der Waals surface area contributed by atoms with E-state index in [4.69, 9.17) is 4.98 Å². The fraction of sp³-hybridized carbons (Fsp3) is 0.276. The molecule has 6 rings (SSSR count). The molecule has 2 amide bonds. The molecule has 2 fully saturated rings. The number of amides is 2. The first-order chi connectivity index (χ1) is 18.6. The molecule has 9 nitrogen and oxygen atoms in total. The second-order valence-electron chi connectivity index (χ2n) is 9.78. The van der Waals surface area contributed by atoms with Gasteiger partial charge in [0.2, 0.25) is 11.8 Å². The number of benzene rings is 2. The van der Waals surface area contributed by atoms with Crippen LogP contribution in [0.25, 0.3) is 22.2 Å². The lowest BCUT2D eigenvalue weighted by Gasteiger charge is -2.35. The van der Waals surface area contributed by atoms with Gasteiger partial charge in [0.1, 0.15) is 11.9 Å². The van der Waals surface area contributed by atoms with Crippen LogP contribution in [0.3, 0.4) is 0 Å². The Balaban J connectivity index is 1.12. The molecule has 2 aliphatic rings. The number of aromatic nitrogens is 3. The minimum atomic E-state index is -0.459. The number of pyridine rings is 1. The molecular formula is C29H29N7O2. The Hall–Kier alpha value is -4.37. The average Bonchev–Trinajstić information content (AvgIpc) is 3.40. The molecular weight excluding hydrogens is 478 g/mol. The van der Waals surface area contributed by atoms with Crippen molar-refractivity contribution in [1.29, 1.82) is 0 Å². The quantitative estimate of drug-likeness (QED) is 0.413. The maximum absolute atomic E-state index is 12.4. The number of anilines is 2. The lowest BCUT2D eigenvalue weighted by atomic mass is 10.0. The van der Waals surface area contributed by atoms with Crippen molar-refractivity contribution < 1.29 is 9.59 Å². The van der Waals surface area contributed by atoms with E-state index < -0.39 is 6.04 Å². The lowest BCUT2D eigenvalue weighted by molar-refractivity contribution is -0.122. The Morgan fingerprint density at radius 2 is 1.79 bits per heavy atom. The Labute approximate surface area is 220 Å². The standard InChI is InChI=1S/C29H29N7O2/c37-28-10-9-25(34-28)29(38)32-23-6-3-21(4-7-23)22-5-8-24-26(16-22)33-27(18-31-24)36-14-12-35(13-15-36)19-20-2-1-11-30-17-20/h1-8,11,16-18,25H,9-10,12-15,19H2,(H,32,38)(H,34,37)/t25-/m0/s1. The van der Waals surface area contributed by atoms with E-state index in [-0.39, 0.29) is 11.8 Å². The number of nitrogens with zero attached hydrogens (tertiary/aromatic N) is 5. The van der Waals surface area contributed by atoms with Gasteiger partial charge in [-0.2, -0.15) is 0 Å². The topological polar surface area (TPSA) is 103 Å². The fourth-order valence-corrected chi connectivity index (χ4v) is 5.00. The molecule has 2 saturated heterocycles. The number of rotatable bonds is 6. The van der Waals surface area contributed by atoms with E-state index >= 15 is 0 Å². The third kappa shape index (κ3) is 5.33. The van der Waals surface area contributed by atoms with E-state index in [0.29, 0.717) is 18.5 Å². The zero-order chi connectivity index (χ0) is 25.9. The van der Waals surface area contributed by atoms with Crippen LogP contribution in [-0.2, 0) is 16.1 Å². The summed E-state index contributed by atoms with van der Waals surface area (Å²) in [6.45, 7) is 4.64. The summed E-state index contributed by atoms with van der Waals surface area (Å²) in [6, 6.07) is 17.4. The molecule has 4 heterocycles. The van der Waals surface area contributed by atoms with E-state index in [1.807, 2.05) is 54.9 Å². The average molecular weight is 508 g/mol. The predicted molar refractivity (Wildman–Crippen MR) is 146 cm³/mol. The molecule has 4 aromatic rings. The summed E-state index contributed by atoms with van der Waals surface area (Å²) in [7, 11) is 0. The molecule has 9 heteroatoms. The Kier molecular flexibility index (Phi) is 6.66. The molecule has 2 N–H and O–H groups in total. The smallest absolute Gasteiger partial charge is 0.246 e. The molecule has 2 aromatic carbocycles. The fourth-order valence-electron chi connectivity index (χ4n) is 5.00. The van der Waals surface area contributed by atoms with Gasteiger partial charge in [0.15, 0.2) is 0 Å². The third-order valence-corrected chi connectivity index (χ3v) is 7.15. The molecule has 0 radical (unpaired) electrons. The molecule has 38 heavy (non-hydrogen) atoms. The zero-order valence-electron chi connectivity index (χ0n) is 21.0. The van der Waals surface area contributed by atoms with Gasteiger partial charge in [-0.05, 0) is 53.4 Å². The summed E-state index contributed by atoms with van der Waals surface area (Å²) in [5, 5.41) is 5.58. The van der Waals surface area contributed by atoms with Gasteiger partial charge < -0.3 is 15.5 Å². The predicted octanol–water partition coefficient (Wildman–Crippen LogP) is 3.23. The van der Waals surface area contributed by atoms with Crippen LogP contribution >= 0.6 is 0 Å². The van der Waals surface area contributed by atoms with Crippen LogP contribution in [0.4, 0.5) is 11.5 Å². The van der Waals surface area contributed by atoms with Crippen LogP contribution in [-0.4, -0.2) is 63.9 Å². The van der Waals surface area contributed by atoms with Crippen molar-refractivity contribution in [2.24, 2.45) is 0 Å². The Morgan fingerprint density at radius 1 is 0.974 bits per heavy atom. The molecule has 1 atom stereocenters. The Morgan fingerprint density at radius 3 is 2.53 bits per heavy atom. The van der Waals surface area contributed by atoms with Crippen LogP contribution in [0, 0.1) is 0 Å². The van der Waals surface area contributed by atoms with E-state index in [1.165, 1.54) is 5.56 Å². The van der Waals surface area contributed by atoms with Crippen LogP contribution in [0.1, 0.15) is 18.4 Å². The SMILES string of the molecule is O=C1CC[C@@H](C(=O)Nc2ccc(-c3ccc4ncc(N5CCN(Cc6cccnc6)CC5)nc4c3)cc2)N1. The summed E-state index contributed by atoms with van der Waals surface area (Å²) in [5.41, 5.74) is 5.70. The van der Waals surface area contributed by atoms with Gasteiger partial charge in [-0.15, -0.1) is 0 Å². The van der Waals surface area contributed by atoms with Crippen molar-refractivity contribution in [3.05, 3.63) is 78.8 Å². The summed E-state index contributed by atoms with van der Waals surface area (Å²) in [5.74, 6) is 0.633. The first-order valence-corrected chi connectivity index (χ1v) is 12.9. The highest BCUT2D eigenvalue weighted by Crippen LogP contribution is 2.26. The zero-order valence-corrected chi connectivity index (χ0v) is 21.0. The van der Waals surface area contributed by atoms with Crippen molar-refractivity contribution in [3.8, 4) is 11.1 Å². The molecule has 2 aromatic heterocycles. The van der Waals surface area contributed by atoms with E-state index in [0.717, 1.165) is 60.7 Å². The van der Waals surface area contributed by atoms with Crippen molar-refractivity contribution in [3.63, 3.8) is 0 Å². The maximum Gasteiger partial charge on any atom is 0.246 e. The highest BCUT2D eigenvalue weighted by Gasteiger charge is 2.27. The monoisotopic (exact) mass is 507 g/mol. The maximum atomic E-state index is 12.4. The number of carbonyl (C=O) groups is 2. The lowest BCUT2D eigenvalue weighted by Crippen LogP contribution is -2.46. The highest BCUT2D eigenvalue weighted by molar-refractivity contribution is 5.99. The molecule has 2 aliphatic heterocycles. The number of carbonyl (C=O) groups excluding carboxylic acids is 2. The normalized spacial score (nSPS) is 17.9. The molecule has 0 unspecified atom stereocenters. The van der Waals surface area contributed by atoms with E-state index in [1.54, 1.807) is 6.20 Å². The number of nitrogens with one attached hydrogen (secondary N) is 2. The van der Waals surface area contributed by atoms with Crippen molar-refractivity contribution in [2.45, 2.75) is 25.4 Å². The van der Waals surface area contributed by atoms with Crippen molar-refractivity contribution >= 4 is 34.4 Å². The molecule has 0 bridgehead atoms. The Bertz CT molecular complexity index is 1450. The number of piperazine rings is 1. The van der Waals surface area contributed by atoms with Gasteiger partial charge in [0, 0.05) is 57.2 Å². The molecule has 0 spiro atoms. The van der Waals surface area contributed by atoms with E-state index in [9.17, 15) is 9.59 Å². The van der Waals surface area contributed by atoms with Crippen molar-refractivity contribution in [2.75, 3.05) is 36.4 Å². The van der Waals surface area contributed by atoms with Crippen LogP contribution in [0.5, 0.6) is 0 Å². The highest BCUT2D eigenvalue weighted by atomic mass is 16.2. The minimum absolute atomic E-state index is 0.0776. The number of fused-ring (bicyclic) bond motifs is 1. The van der Waals surface area contributed by atoms with Gasteiger partial charge in [-0.1, -0.05) is 24.3 Å². The first kappa shape index (κ1) is 24.0. The number of hydrogen-bond acceptors (Lipinski definition) is 7. The first-order valence-electron chi connectivity index (χ1n) is 12.9. The van der Waals surface area contributed by atoms with Crippen LogP contribution in [0.15, 0.2) is 73.2 Å². The van der Waals surface area contributed by atoms with Gasteiger partial charge in [-0.3, -0.25) is 24.5 Å². The largest absolute Gasteiger partial charge is 0.353 e. The summed E-state index contributed by atoms with van der Waals surface area (Å²) >= 11 is 0. The molecule has 0 aliphatic carbocycles. The second-order valence-corrected chi connectivity index (χ2v) is 9.78. The summed E-state index contributed by atoms with van der Waals surface area (Å²) in [4.78, 5) is 42.3. The summed E-state index contributed by atoms with van der Waals surface area (Å²) in [6.07, 6.45) is 6.53. The van der Waals surface area contributed by atoms with Crippen LogP contribution in [0.2, 0.25) is 0 Å². The summed E-state index contributed by atoms with van der Waals surface area (Å²) < 4.78 is 0. The number of hydrogen-bond donors (Lipinski definition) is 2. The van der Waals surface area contributed by atoms with Crippen molar-refractivity contribution in [1.82, 2.24) is 25.2 Å². The van der Waals surface area contributed by atoms with Gasteiger partial charge >= 0.3 is 0 Å². The van der Waals surface area contributed by atoms with Gasteiger partial charge in [-0.25, -0.2) is 4.98 Å². The van der Waals surface area contributed by atoms with Crippen LogP contribution < -0.4 is 15.5 Å². The van der Waals surface area contributed by atoms with Gasteiger partial charge in [0.25, 0.3) is 0 Å². The third-order valence-electron chi connectivity index (χ3n) is 7.15. The molecule has 0 saturated carbocycles. The minimum Gasteiger partial charge on any atom is -0.353 e.